The monoisotopic (exact) mass is 344 g/mol. The predicted molar refractivity (Wildman–Crippen MR) is 101 cm³/mol. The Labute approximate surface area is 153 Å². The van der Waals surface area contributed by atoms with E-state index in [1.54, 1.807) is 0 Å². The van der Waals surface area contributed by atoms with Crippen molar-refractivity contribution in [1.29, 1.82) is 0 Å². The van der Waals surface area contributed by atoms with Gasteiger partial charge in [-0.1, -0.05) is 45.0 Å². The molecule has 1 N–H and O–H groups in total. The lowest BCUT2D eigenvalue weighted by Crippen LogP contribution is -2.54. The highest BCUT2D eigenvalue weighted by molar-refractivity contribution is 5.97. The summed E-state index contributed by atoms with van der Waals surface area (Å²) in [5, 5.41) is 3.12. The van der Waals surface area contributed by atoms with Gasteiger partial charge in [-0.3, -0.25) is 9.59 Å². The largest absolute Gasteiger partial charge is 0.352 e. The van der Waals surface area contributed by atoms with E-state index >= 15 is 0 Å². The van der Waals surface area contributed by atoms with Gasteiger partial charge < -0.3 is 10.2 Å². The van der Waals surface area contributed by atoms with Crippen LogP contribution < -0.4 is 5.32 Å². The molecule has 0 aliphatic heterocycles. The molecule has 1 aliphatic rings. The first-order chi connectivity index (χ1) is 11.7. The van der Waals surface area contributed by atoms with Crippen LogP contribution >= 0.6 is 0 Å². The number of nitrogens with one attached hydrogen (secondary N) is 1. The van der Waals surface area contributed by atoms with Gasteiger partial charge in [0.1, 0.15) is 6.04 Å². The van der Waals surface area contributed by atoms with E-state index in [0.717, 1.165) is 25.7 Å². The van der Waals surface area contributed by atoms with Gasteiger partial charge in [-0.25, -0.2) is 0 Å². The minimum Gasteiger partial charge on any atom is -0.352 e. The highest BCUT2D eigenvalue weighted by atomic mass is 16.2. The van der Waals surface area contributed by atoms with Crippen molar-refractivity contribution in [2.45, 2.75) is 78.8 Å². The SMILES string of the molecule is C#CCN(C(=O)C#CC(C)(C)C)C(C(=O)NC1CCCCC1)C(C)C. The molecule has 1 unspecified atom stereocenters. The summed E-state index contributed by atoms with van der Waals surface area (Å²) in [5.41, 5.74) is -0.283. The molecular formula is C21H32N2O2. The average molecular weight is 344 g/mol. The van der Waals surface area contributed by atoms with Crippen molar-refractivity contribution in [2.24, 2.45) is 11.3 Å². The number of hydrogen-bond acceptors (Lipinski definition) is 2. The fourth-order valence-corrected chi connectivity index (χ4v) is 3.05. The molecule has 0 bridgehead atoms. The van der Waals surface area contributed by atoms with Gasteiger partial charge in [-0.05, 0) is 45.5 Å². The first-order valence-corrected chi connectivity index (χ1v) is 9.23. The summed E-state index contributed by atoms with van der Waals surface area (Å²) in [7, 11) is 0. The van der Waals surface area contributed by atoms with Crippen LogP contribution in [0, 0.1) is 35.5 Å². The van der Waals surface area contributed by atoms with E-state index in [4.69, 9.17) is 6.42 Å². The predicted octanol–water partition coefficient (Wildman–Crippen LogP) is 2.97. The smallest absolute Gasteiger partial charge is 0.299 e. The molecule has 1 fully saturated rings. The Hall–Kier alpha value is -1.94. The van der Waals surface area contributed by atoms with E-state index in [1.165, 1.54) is 11.3 Å². The Kier molecular flexibility index (Phi) is 8.04. The molecule has 0 aromatic heterocycles. The number of rotatable bonds is 5. The highest BCUT2D eigenvalue weighted by Crippen LogP contribution is 2.19. The summed E-state index contributed by atoms with van der Waals surface area (Å²) in [6, 6.07) is -0.398. The van der Waals surface area contributed by atoms with Crippen molar-refractivity contribution in [3.05, 3.63) is 0 Å². The first-order valence-electron chi connectivity index (χ1n) is 9.23. The van der Waals surface area contributed by atoms with Gasteiger partial charge in [0.25, 0.3) is 5.91 Å². The molecule has 0 saturated heterocycles. The van der Waals surface area contributed by atoms with Gasteiger partial charge in [0.05, 0.1) is 6.54 Å². The van der Waals surface area contributed by atoms with Crippen molar-refractivity contribution in [2.75, 3.05) is 6.54 Å². The van der Waals surface area contributed by atoms with E-state index in [9.17, 15) is 9.59 Å². The lowest BCUT2D eigenvalue weighted by atomic mass is 9.94. The van der Waals surface area contributed by atoms with Crippen LogP contribution in [0.2, 0.25) is 0 Å². The van der Waals surface area contributed by atoms with Crippen LogP contribution in [0.5, 0.6) is 0 Å². The molecule has 1 rings (SSSR count). The molecule has 1 saturated carbocycles. The zero-order chi connectivity index (χ0) is 19.0. The summed E-state index contributed by atoms with van der Waals surface area (Å²) >= 11 is 0. The molecule has 4 nitrogen and oxygen atoms in total. The molecule has 0 radical (unpaired) electrons. The first kappa shape index (κ1) is 21.1. The molecule has 138 valence electrons. The Morgan fingerprint density at radius 2 is 1.80 bits per heavy atom. The second-order valence-electron chi connectivity index (χ2n) is 8.17. The van der Waals surface area contributed by atoms with Crippen molar-refractivity contribution in [3.8, 4) is 24.2 Å². The Morgan fingerprint density at radius 3 is 2.28 bits per heavy atom. The van der Waals surface area contributed by atoms with E-state index in [0.29, 0.717) is 0 Å². The fourth-order valence-electron chi connectivity index (χ4n) is 3.05. The van der Waals surface area contributed by atoms with E-state index < -0.39 is 6.04 Å². The van der Waals surface area contributed by atoms with Crippen LogP contribution in [-0.2, 0) is 9.59 Å². The standard InChI is InChI=1S/C21H32N2O2/c1-7-15-23(18(24)13-14-21(4,5)6)19(16(2)3)20(25)22-17-11-9-8-10-12-17/h1,16-17,19H,8-12,15H2,2-6H3,(H,22,25). The van der Waals surface area contributed by atoms with Gasteiger partial charge in [0.15, 0.2) is 0 Å². The number of carbonyl (C=O) groups is 2. The molecule has 4 heteroatoms. The topological polar surface area (TPSA) is 49.4 Å². The number of carbonyl (C=O) groups excluding carboxylic acids is 2. The summed E-state index contributed by atoms with van der Waals surface area (Å²) in [4.78, 5) is 26.9. The second kappa shape index (κ2) is 9.52. The third kappa shape index (κ3) is 7.22. The zero-order valence-electron chi connectivity index (χ0n) is 16.3. The molecular weight excluding hydrogens is 312 g/mol. The normalized spacial score (nSPS) is 16.4. The third-order valence-electron chi connectivity index (χ3n) is 4.25. The third-order valence-corrected chi connectivity index (χ3v) is 4.25. The van der Waals surface area contributed by atoms with Crippen LogP contribution in [0.4, 0.5) is 0 Å². The Bertz CT molecular complexity index is 563. The maximum absolute atomic E-state index is 12.9. The molecule has 1 atom stereocenters. The Morgan fingerprint density at radius 1 is 1.20 bits per heavy atom. The van der Waals surface area contributed by atoms with Crippen molar-refractivity contribution < 1.29 is 9.59 Å². The molecule has 0 spiro atoms. The van der Waals surface area contributed by atoms with Crippen LogP contribution in [0.15, 0.2) is 0 Å². The summed E-state index contributed by atoms with van der Waals surface area (Å²) in [6.45, 7) is 9.76. The van der Waals surface area contributed by atoms with Gasteiger partial charge >= 0.3 is 0 Å². The van der Waals surface area contributed by atoms with Gasteiger partial charge in [0.2, 0.25) is 5.91 Å². The minimum atomic E-state index is -0.597. The lowest BCUT2D eigenvalue weighted by molar-refractivity contribution is -0.138. The number of nitrogens with zero attached hydrogens (tertiary/aromatic N) is 1. The van der Waals surface area contributed by atoms with E-state index in [-0.39, 0.29) is 35.7 Å². The van der Waals surface area contributed by atoms with Crippen LogP contribution in [0.1, 0.15) is 66.7 Å². The Balaban J connectivity index is 2.96. The zero-order valence-corrected chi connectivity index (χ0v) is 16.3. The molecule has 2 amide bonds. The maximum Gasteiger partial charge on any atom is 0.299 e. The van der Waals surface area contributed by atoms with E-state index in [2.05, 4.69) is 23.1 Å². The highest BCUT2D eigenvalue weighted by Gasteiger charge is 2.32. The molecule has 0 aromatic carbocycles. The van der Waals surface area contributed by atoms with Crippen LogP contribution in [0.3, 0.4) is 0 Å². The second-order valence-corrected chi connectivity index (χ2v) is 8.17. The van der Waals surface area contributed by atoms with Crippen molar-refractivity contribution >= 4 is 11.8 Å². The molecule has 25 heavy (non-hydrogen) atoms. The van der Waals surface area contributed by atoms with Crippen molar-refractivity contribution in [1.82, 2.24) is 10.2 Å². The lowest BCUT2D eigenvalue weighted by Gasteiger charge is -2.33. The summed E-state index contributed by atoms with van der Waals surface area (Å²) < 4.78 is 0. The quantitative estimate of drug-likeness (QED) is 0.780. The average Bonchev–Trinajstić information content (AvgIpc) is 2.52. The number of hydrogen-bond donors (Lipinski definition) is 1. The summed E-state index contributed by atoms with van der Waals surface area (Å²) in [6.07, 6.45) is 11.0. The minimum absolute atomic E-state index is 0.0441. The van der Waals surface area contributed by atoms with E-state index in [1.807, 2.05) is 34.6 Å². The van der Waals surface area contributed by atoms with Gasteiger partial charge in [0, 0.05) is 11.5 Å². The van der Waals surface area contributed by atoms with Gasteiger partial charge in [-0.15, -0.1) is 6.42 Å². The van der Waals surface area contributed by atoms with Gasteiger partial charge in [-0.2, -0.15) is 0 Å². The number of terminal acetylenes is 1. The number of amides is 2. The van der Waals surface area contributed by atoms with Crippen LogP contribution in [-0.4, -0.2) is 35.3 Å². The fraction of sp³-hybridized carbons (Fsp3) is 0.714. The molecule has 0 heterocycles. The summed E-state index contributed by atoms with van der Waals surface area (Å²) in [5.74, 6) is 7.54. The maximum atomic E-state index is 12.9. The van der Waals surface area contributed by atoms with Crippen LogP contribution in [0.25, 0.3) is 0 Å². The molecule has 0 aromatic rings. The van der Waals surface area contributed by atoms with Crippen molar-refractivity contribution in [3.63, 3.8) is 0 Å². The molecule has 1 aliphatic carbocycles.